The molecule has 0 saturated heterocycles. The highest BCUT2D eigenvalue weighted by atomic mass is 32.1. The number of aromatic amines is 1. The van der Waals surface area contributed by atoms with Crippen LogP contribution < -0.4 is 10.1 Å². The summed E-state index contributed by atoms with van der Waals surface area (Å²) < 4.78 is 5.37. The Morgan fingerprint density at radius 2 is 2.12 bits per heavy atom. The van der Waals surface area contributed by atoms with Crippen molar-refractivity contribution in [2.75, 3.05) is 12.4 Å². The highest BCUT2D eigenvalue weighted by Crippen LogP contribution is 2.26. The lowest BCUT2D eigenvalue weighted by Crippen LogP contribution is -2.02. The molecule has 0 fully saturated rings. The maximum Gasteiger partial charge on any atom is 0.201 e. The Balaban J connectivity index is 1.57. The third kappa shape index (κ3) is 2.83. The van der Waals surface area contributed by atoms with Crippen molar-refractivity contribution in [3.63, 3.8) is 0 Å². The number of para-hydroxylation sites is 1. The summed E-state index contributed by atoms with van der Waals surface area (Å²) in [5, 5.41) is 6.31. The quantitative estimate of drug-likeness (QED) is 0.570. The molecular weight excluding hydrogens is 320 g/mol. The van der Waals surface area contributed by atoms with Crippen LogP contribution in [-0.4, -0.2) is 22.1 Å². The summed E-state index contributed by atoms with van der Waals surface area (Å²) in [5.41, 5.74) is 4.10. The van der Waals surface area contributed by atoms with Gasteiger partial charge in [-0.1, -0.05) is 18.2 Å². The molecule has 0 amide bonds. The predicted octanol–water partition coefficient (Wildman–Crippen LogP) is 4.31. The molecule has 4 aromatic rings. The van der Waals surface area contributed by atoms with Crippen LogP contribution in [0.4, 0.5) is 5.95 Å². The van der Waals surface area contributed by atoms with E-state index >= 15 is 0 Å². The van der Waals surface area contributed by atoms with E-state index in [1.54, 1.807) is 18.4 Å². The van der Waals surface area contributed by atoms with Crippen LogP contribution in [0.2, 0.25) is 0 Å². The van der Waals surface area contributed by atoms with Gasteiger partial charge in [0.1, 0.15) is 10.8 Å². The fourth-order valence-corrected chi connectivity index (χ4v) is 3.26. The number of nitrogens with one attached hydrogen (secondary N) is 2. The van der Waals surface area contributed by atoms with Crippen molar-refractivity contribution in [2.45, 2.75) is 6.54 Å². The van der Waals surface area contributed by atoms with E-state index in [0.29, 0.717) is 6.54 Å². The first-order chi connectivity index (χ1) is 11.8. The SMILES string of the molecule is COc1ccccc1CNc1nc2ccc(-c3nccs3)cc2[nH]1. The number of anilines is 1. The topological polar surface area (TPSA) is 62.8 Å². The Kier molecular flexibility index (Phi) is 3.88. The van der Waals surface area contributed by atoms with Gasteiger partial charge in [0.2, 0.25) is 5.95 Å². The number of H-pyrrole nitrogens is 1. The van der Waals surface area contributed by atoms with Gasteiger partial charge in [0.15, 0.2) is 0 Å². The third-order valence-corrected chi connectivity index (χ3v) is 4.62. The van der Waals surface area contributed by atoms with Crippen molar-refractivity contribution in [1.29, 1.82) is 0 Å². The largest absolute Gasteiger partial charge is 0.496 e. The predicted molar refractivity (Wildman–Crippen MR) is 97.5 cm³/mol. The molecule has 5 nitrogen and oxygen atoms in total. The molecule has 2 aromatic carbocycles. The first kappa shape index (κ1) is 14.7. The number of benzene rings is 2. The molecule has 24 heavy (non-hydrogen) atoms. The van der Waals surface area contributed by atoms with E-state index in [4.69, 9.17) is 4.74 Å². The maximum atomic E-state index is 5.37. The number of rotatable bonds is 5. The molecule has 0 aliphatic carbocycles. The zero-order valence-corrected chi connectivity index (χ0v) is 13.9. The minimum Gasteiger partial charge on any atom is -0.496 e. The molecule has 0 saturated carbocycles. The lowest BCUT2D eigenvalue weighted by molar-refractivity contribution is 0.410. The van der Waals surface area contributed by atoms with Crippen molar-refractivity contribution in [3.05, 3.63) is 59.6 Å². The van der Waals surface area contributed by atoms with Crippen LogP contribution in [0.3, 0.4) is 0 Å². The van der Waals surface area contributed by atoms with Crippen LogP contribution in [-0.2, 0) is 6.54 Å². The van der Waals surface area contributed by atoms with Crippen LogP contribution in [0.5, 0.6) is 5.75 Å². The van der Waals surface area contributed by atoms with Gasteiger partial charge in [-0.25, -0.2) is 9.97 Å². The molecule has 0 atom stereocenters. The number of methoxy groups -OCH3 is 1. The number of imidazole rings is 1. The van der Waals surface area contributed by atoms with Gasteiger partial charge in [-0.3, -0.25) is 0 Å². The summed E-state index contributed by atoms with van der Waals surface area (Å²) in [7, 11) is 1.68. The summed E-state index contributed by atoms with van der Waals surface area (Å²) in [6.07, 6.45) is 1.82. The minimum atomic E-state index is 0.642. The summed E-state index contributed by atoms with van der Waals surface area (Å²) in [5.74, 6) is 1.61. The molecular formula is C18H16N4OS. The van der Waals surface area contributed by atoms with Gasteiger partial charge in [0, 0.05) is 29.2 Å². The molecule has 2 aromatic heterocycles. The van der Waals surface area contributed by atoms with E-state index in [-0.39, 0.29) is 0 Å². The van der Waals surface area contributed by atoms with E-state index in [1.165, 1.54) is 0 Å². The molecule has 6 heteroatoms. The van der Waals surface area contributed by atoms with Crippen LogP contribution in [0.15, 0.2) is 54.0 Å². The lowest BCUT2D eigenvalue weighted by Gasteiger charge is -2.08. The number of hydrogen-bond donors (Lipinski definition) is 2. The number of hydrogen-bond acceptors (Lipinski definition) is 5. The van der Waals surface area contributed by atoms with Crippen molar-refractivity contribution in [3.8, 4) is 16.3 Å². The van der Waals surface area contributed by atoms with E-state index in [9.17, 15) is 0 Å². The summed E-state index contributed by atoms with van der Waals surface area (Å²) >= 11 is 1.63. The number of aromatic nitrogens is 3. The summed E-state index contributed by atoms with van der Waals surface area (Å²) in [6.45, 7) is 0.642. The fraction of sp³-hybridized carbons (Fsp3) is 0.111. The Bertz CT molecular complexity index is 962. The zero-order chi connectivity index (χ0) is 16.4. The first-order valence-corrected chi connectivity index (χ1v) is 8.47. The van der Waals surface area contributed by atoms with Crippen molar-refractivity contribution in [1.82, 2.24) is 15.0 Å². The zero-order valence-electron chi connectivity index (χ0n) is 13.1. The van der Waals surface area contributed by atoms with Gasteiger partial charge < -0.3 is 15.0 Å². The van der Waals surface area contributed by atoms with Gasteiger partial charge in [-0.2, -0.15) is 0 Å². The normalized spacial score (nSPS) is 10.9. The highest BCUT2D eigenvalue weighted by molar-refractivity contribution is 7.13. The molecule has 0 bridgehead atoms. The molecule has 2 N–H and O–H groups in total. The van der Waals surface area contributed by atoms with Gasteiger partial charge in [0.05, 0.1) is 18.1 Å². The molecule has 0 radical (unpaired) electrons. The maximum absolute atomic E-state index is 5.37. The first-order valence-electron chi connectivity index (χ1n) is 7.59. The smallest absolute Gasteiger partial charge is 0.201 e. The molecule has 0 spiro atoms. The lowest BCUT2D eigenvalue weighted by atomic mass is 10.2. The van der Waals surface area contributed by atoms with E-state index in [1.807, 2.05) is 48.0 Å². The monoisotopic (exact) mass is 336 g/mol. The van der Waals surface area contributed by atoms with Gasteiger partial charge in [-0.05, 0) is 24.3 Å². The number of ether oxygens (including phenoxy) is 1. The number of nitrogens with zero attached hydrogens (tertiary/aromatic N) is 2. The second-order valence-electron chi connectivity index (χ2n) is 5.32. The number of fused-ring (bicyclic) bond motifs is 1. The minimum absolute atomic E-state index is 0.642. The van der Waals surface area contributed by atoms with E-state index in [0.717, 1.165) is 38.9 Å². The molecule has 4 rings (SSSR count). The Labute approximate surface area is 143 Å². The summed E-state index contributed by atoms with van der Waals surface area (Å²) in [4.78, 5) is 12.3. The average molecular weight is 336 g/mol. The summed E-state index contributed by atoms with van der Waals surface area (Å²) in [6, 6.07) is 14.1. The van der Waals surface area contributed by atoms with Crippen molar-refractivity contribution < 1.29 is 4.74 Å². The molecule has 0 aliphatic heterocycles. The van der Waals surface area contributed by atoms with Crippen LogP contribution in [0, 0.1) is 0 Å². The van der Waals surface area contributed by atoms with E-state index in [2.05, 4.69) is 26.3 Å². The Morgan fingerprint density at radius 1 is 1.21 bits per heavy atom. The fourth-order valence-electron chi connectivity index (χ4n) is 2.62. The van der Waals surface area contributed by atoms with Crippen LogP contribution >= 0.6 is 11.3 Å². The number of thiazole rings is 1. The average Bonchev–Trinajstić information content (AvgIpc) is 3.28. The van der Waals surface area contributed by atoms with Gasteiger partial charge in [0.25, 0.3) is 0 Å². The molecule has 0 aliphatic rings. The Hall–Kier alpha value is -2.86. The van der Waals surface area contributed by atoms with Crippen molar-refractivity contribution >= 4 is 28.3 Å². The molecule has 2 heterocycles. The van der Waals surface area contributed by atoms with Gasteiger partial charge in [-0.15, -0.1) is 11.3 Å². The second-order valence-corrected chi connectivity index (χ2v) is 6.21. The second kappa shape index (κ2) is 6.33. The van der Waals surface area contributed by atoms with E-state index < -0.39 is 0 Å². The van der Waals surface area contributed by atoms with Crippen LogP contribution in [0.25, 0.3) is 21.6 Å². The Morgan fingerprint density at radius 3 is 2.96 bits per heavy atom. The standard InChI is InChI=1S/C18H16N4OS/c1-23-16-5-3-2-4-13(16)11-20-18-21-14-7-6-12(10-15(14)22-18)17-19-8-9-24-17/h2-10H,11H2,1H3,(H2,20,21,22). The molecule has 0 unspecified atom stereocenters. The molecule has 120 valence electrons. The van der Waals surface area contributed by atoms with Crippen LogP contribution in [0.1, 0.15) is 5.56 Å². The highest BCUT2D eigenvalue weighted by Gasteiger charge is 2.07. The van der Waals surface area contributed by atoms with Crippen molar-refractivity contribution in [2.24, 2.45) is 0 Å². The van der Waals surface area contributed by atoms with Gasteiger partial charge >= 0.3 is 0 Å². The third-order valence-electron chi connectivity index (χ3n) is 3.80.